The van der Waals surface area contributed by atoms with Crippen molar-refractivity contribution in [1.29, 1.82) is 0 Å². The predicted octanol–water partition coefficient (Wildman–Crippen LogP) is 1.80. The SMILES string of the molecule is [2H]c1nc2c(C([2H])([2H])[2H])c([2H])c(Br)nn2c1[2H]. The molecule has 0 aromatic carbocycles. The van der Waals surface area contributed by atoms with Crippen LogP contribution in [0.3, 0.4) is 0 Å². The Morgan fingerprint density at radius 1 is 1.82 bits per heavy atom. The number of nitrogens with zero attached hydrogens (tertiary/aromatic N) is 3. The number of hydrogen-bond acceptors (Lipinski definition) is 2. The molecule has 0 N–H and O–H groups in total. The van der Waals surface area contributed by atoms with Crippen molar-refractivity contribution >= 4 is 21.6 Å². The molecule has 3 nitrogen and oxygen atoms in total. The summed E-state index contributed by atoms with van der Waals surface area (Å²) < 4.78 is 45.6. The van der Waals surface area contributed by atoms with Gasteiger partial charge in [0.05, 0.1) is 4.11 Å². The van der Waals surface area contributed by atoms with Crippen molar-refractivity contribution in [3.05, 3.63) is 28.6 Å². The lowest BCUT2D eigenvalue weighted by Crippen LogP contribution is -1.92. The van der Waals surface area contributed by atoms with Gasteiger partial charge in [0.25, 0.3) is 0 Å². The molecule has 0 saturated heterocycles. The lowest BCUT2D eigenvalue weighted by molar-refractivity contribution is 0.908. The smallest absolute Gasteiger partial charge is 0.156 e. The number of imidazole rings is 1. The first-order valence-electron chi connectivity index (χ1n) is 5.76. The van der Waals surface area contributed by atoms with Gasteiger partial charge in [-0.05, 0) is 34.4 Å². The highest BCUT2D eigenvalue weighted by molar-refractivity contribution is 9.10. The molecule has 0 radical (unpaired) electrons. The van der Waals surface area contributed by atoms with E-state index in [0.29, 0.717) is 0 Å². The molecule has 0 fully saturated rings. The summed E-state index contributed by atoms with van der Waals surface area (Å²) in [6.45, 7) is -2.55. The van der Waals surface area contributed by atoms with Crippen LogP contribution >= 0.6 is 15.9 Å². The van der Waals surface area contributed by atoms with Crippen LogP contribution in [-0.2, 0) is 0 Å². The predicted molar refractivity (Wildman–Crippen MR) is 45.4 cm³/mol. The maximum atomic E-state index is 7.67. The molecule has 0 aliphatic carbocycles. The van der Waals surface area contributed by atoms with Crippen molar-refractivity contribution in [1.82, 2.24) is 14.6 Å². The summed E-state index contributed by atoms with van der Waals surface area (Å²) in [5.74, 6) is 0. The number of aryl methyl sites for hydroxylation is 1. The summed E-state index contributed by atoms with van der Waals surface area (Å²) in [6.07, 6.45) is -0.688. The average Bonchev–Trinajstić information content (AvgIpc) is 2.44. The van der Waals surface area contributed by atoms with E-state index in [1.54, 1.807) is 0 Å². The van der Waals surface area contributed by atoms with Gasteiger partial charge in [0, 0.05) is 16.5 Å². The lowest BCUT2D eigenvalue weighted by atomic mass is 10.3. The van der Waals surface area contributed by atoms with Gasteiger partial charge < -0.3 is 0 Å². The minimum Gasteiger partial charge on any atom is -0.235 e. The molecule has 0 saturated carbocycles. The van der Waals surface area contributed by atoms with E-state index in [1.165, 1.54) is 0 Å². The highest BCUT2D eigenvalue weighted by Gasteiger charge is 1.99. The summed E-state index contributed by atoms with van der Waals surface area (Å²) in [7, 11) is 0. The Balaban J connectivity index is 2.98. The molecule has 2 heterocycles. The Labute approximate surface area is 80.6 Å². The summed E-state index contributed by atoms with van der Waals surface area (Å²) in [6, 6.07) is -0.303. The highest BCUT2D eigenvalue weighted by atomic mass is 79.9. The lowest BCUT2D eigenvalue weighted by Gasteiger charge is -1.96. The topological polar surface area (TPSA) is 30.2 Å². The van der Waals surface area contributed by atoms with E-state index in [4.69, 9.17) is 8.22 Å². The minimum absolute atomic E-state index is 0.00188. The second-order valence-corrected chi connectivity index (χ2v) is 2.61. The Morgan fingerprint density at radius 3 is 3.55 bits per heavy atom. The van der Waals surface area contributed by atoms with E-state index < -0.39 is 6.85 Å². The third-order valence-electron chi connectivity index (χ3n) is 1.16. The normalized spacial score (nSPS) is 19.7. The second kappa shape index (κ2) is 2.30. The molecular weight excluding hydrogens is 206 g/mol. The molecule has 0 spiro atoms. The van der Waals surface area contributed by atoms with E-state index in [2.05, 4.69) is 26.0 Å². The van der Waals surface area contributed by atoms with Crippen LogP contribution in [0.25, 0.3) is 5.65 Å². The van der Waals surface area contributed by atoms with Crippen LogP contribution in [-0.4, -0.2) is 14.6 Å². The van der Waals surface area contributed by atoms with Crippen molar-refractivity contribution in [3.63, 3.8) is 0 Å². The molecule has 0 aliphatic heterocycles. The number of halogens is 1. The third kappa shape index (κ3) is 1.03. The zero-order valence-corrected chi connectivity index (χ0v) is 6.81. The van der Waals surface area contributed by atoms with Gasteiger partial charge in [-0.1, -0.05) is 0 Å². The summed E-state index contributed by atoms with van der Waals surface area (Å²) in [4.78, 5) is 3.66. The third-order valence-corrected chi connectivity index (χ3v) is 1.51. The van der Waals surface area contributed by atoms with Gasteiger partial charge in [-0.3, -0.25) is 0 Å². The molecule has 0 amide bonds. The van der Waals surface area contributed by atoms with Crippen LogP contribution in [0.5, 0.6) is 0 Å². The molecule has 0 bridgehead atoms. The van der Waals surface area contributed by atoms with Crippen LogP contribution in [0.1, 0.15) is 13.8 Å². The minimum atomic E-state index is -2.55. The Kier molecular flexibility index (Phi) is 0.599. The van der Waals surface area contributed by atoms with Crippen molar-refractivity contribution < 1.29 is 8.22 Å². The Morgan fingerprint density at radius 2 is 2.73 bits per heavy atom. The van der Waals surface area contributed by atoms with Gasteiger partial charge >= 0.3 is 0 Å². The van der Waals surface area contributed by atoms with Crippen LogP contribution in [0.15, 0.2) is 23.0 Å². The van der Waals surface area contributed by atoms with Gasteiger partial charge in [-0.15, -0.1) is 0 Å². The van der Waals surface area contributed by atoms with E-state index in [9.17, 15) is 0 Å². The molecule has 0 atom stereocenters. The molecule has 2 aromatic heterocycles. The van der Waals surface area contributed by atoms with E-state index in [-0.39, 0.29) is 34.2 Å². The van der Waals surface area contributed by atoms with Gasteiger partial charge in [-0.2, -0.15) is 5.10 Å². The van der Waals surface area contributed by atoms with Crippen molar-refractivity contribution in [2.45, 2.75) is 6.85 Å². The maximum Gasteiger partial charge on any atom is 0.156 e. The van der Waals surface area contributed by atoms with Gasteiger partial charge in [0.1, 0.15) is 4.60 Å². The molecule has 4 heteroatoms. The van der Waals surface area contributed by atoms with Crippen LogP contribution in [0.4, 0.5) is 0 Å². The summed E-state index contributed by atoms with van der Waals surface area (Å²) in [5.41, 5.74) is -0.459. The summed E-state index contributed by atoms with van der Waals surface area (Å²) >= 11 is 2.96. The monoisotopic (exact) mass is 217 g/mol. The Bertz CT molecular complexity index is 604. The number of hydrogen-bond donors (Lipinski definition) is 0. The first-order valence-corrected chi connectivity index (χ1v) is 3.55. The Hall–Kier alpha value is -0.900. The first-order chi connectivity index (χ1) is 7.73. The van der Waals surface area contributed by atoms with Crippen molar-refractivity contribution in [3.8, 4) is 0 Å². The number of rotatable bonds is 0. The second-order valence-electron chi connectivity index (χ2n) is 1.86. The van der Waals surface area contributed by atoms with E-state index >= 15 is 0 Å². The fourth-order valence-corrected chi connectivity index (χ4v) is 1.09. The maximum absolute atomic E-state index is 7.67. The van der Waals surface area contributed by atoms with E-state index in [0.717, 1.165) is 4.52 Å². The van der Waals surface area contributed by atoms with Gasteiger partial charge in [0.2, 0.25) is 0 Å². The van der Waals surface area contributed by atoms with Gasteiger partial charge in [-0.25, -0.2) is 9.50 Å². The molecule has 56 valence electrons. The van der Waals surface area contributed by atoms with Gasteiger partial charge in [0.15, 0.2) is 5.65 Å². The van der Waals surface area contributed by atoms with Crippen LogP contribution in [0, 0.1) is 6.85 Å². The number of fused-ring (bicyclic) bond motifs is 1. The van der Waals surface area contributed by atoms with Crippen molar-refractivity contribution in [2.75, 3.05) is 0 Å². The molecule has 2 aromatic rings. The molecular formula is C7H6BrN3. The van der Waals surface area contributed by atoms with E-state index in [1.807, 2.05) is 0 Å². The van der Waals surface area contributed by atoms with Crippen molar-refractivity contribution in [2.24, 2.45) is 0 Å². The highest BCUT2D eigenvalue weighted by Crippen LogP contribution is 2.11. The number of aromatic nitrogens is 3. The largest absolute Gasteiger partial charge is 0.235 e. The average molecular weight is 218 g/mol. The van der Waals surface area contributed by atoms with Crippen LogP contribution in [0.2, 0.25) is 0 Å². The molecule has 11 heavy (non-hydrogen) atoms. The molecule has 0 aliphatic rings. The standard InChI is InChI=1S/C7H6BrN3/c1-5-4-6(8)10-11-3-2-9-7(5)11/h2-4H,1H3/i1D3,2D,3D,4D. The zero-order valence-electron chi connectivity index (χ0n) is 11.2. The fraction of sp³-hybridized carbons (Fsp3) is 0.143. The zero-order chi connectivity index (χ0) is 13.0. The first kappa shape index (κ1) is 2.86. The fourth-order valence-electron chi connectivity index (χ4n) is 0.732. The molecule has 0 unspecified atom stereocenters. The molecule has 2 rings (SSSR count). The van der Waals surface area contributed by atoms with Crippen LogP contribution < -0.4 is 0 Å². The quantitative estimate of drug-likeness (QED) is 0.674. The summed E-state index contributed by atoms with van der Waals surface area (Å²) in [5, 5.41) is 3.80.